The number of hydrogen-bond acceptors (Lipinski definition) is 3. The van der Waals surface area contributed by atoms with Crippen molar-refractivity contribution in [2.75, 3.05) is 50.7 Å². The molecule has 4 heteroatoms. The van der Waals surface area contributed by atoms with Gasteiger partial charge in [0.1, 0.15) is 0 Å². The topological polar surface area (TPSA) is 26.8 Å². The fraction of sp³-hybridized carbons (Fsp3) is 0.708. The largest absolute Gasteiger partial charge is 0.369 e. The second-order valence-corrected chi connectivity index (χ2v) is 9.91. The molecule has 1 aromatic rings. The summed E-state index contributed by atoms with van der Waals surface area (Å²) in [5, 5.41) is 0. The highest BCUT2D eigenvalue weighted by molar-refractivity contribution is 5.85. The van der Waals surface area contributed by atoms with Gasteiger partial charge in [0.05, 0.1) is 5.41 Å². The van der Waals surface area contributed by atoms with E-state index in [9.17, 15) is 4.79 Å². The molecule has 1 unspecified atom stereocenters. The number of fused-ring (bicyclic) bond motifs is 2. The Morgan fingerprint density at radius 1 is 0.964 bits per heavy atom. The Hall–Kier alpha value is -1.55. The molecule has 2 heterocycles. The number of anilines is 1. The van der Waals surface area contributed by atoms with Crippen LogP contribution >= 0.6 is 0 Å². The summed E-state index contributed by atoms with van der Waals surface area (Å²) in [6.45, 7) is 14.5. The Kier molecular flexibility index (Phi) is 5.43. The summed E-state index contributed by atoms with van der Waals surface area (Å²) in [4.78, 5) is 20.4. The lowest BCUT2D eigenvalue weighted by Crippen LogP contribution is -2.56. The van der Waals surface area contributed by atoms with Gasteiger partial charge in [0, 0.05) is 45.0 Å². The Bertz CT molecular complexity index is 680. The molecule has 0 N–H and O–H groups in total. The molecule has 2 bridgehead atoms. The number of piperidine rings is 1. The molecule has 0 radical (unpaired) electrons. The molecule has 0 aromatic heterocycles. The number of benzene rings is 1. The summed E-state index contributed by atoms with van der Waals surface area (Å²) in [6.07, 6.45) is 4.62. The average Bonchev–Trinajstić information content (AvgIpc) is 2.85. The Labute approximate surface area is 170 Å². The van der Waals surface area contributed by atoms with Gasteiger partial charge in [-0.3, -0.25) is 9.69 Å². The van der Waals surface area contributed by atoms with Crippen molar-refractivity contribution in [1.29, 1.82) is 0 Å². The van der Waals surface area contributed by atoms with Gasteiger partial charge >= 0.3 is 0 Å². The minimum absolute atomic E-state index is 0.135. The Morgan fingerprint density at radius 2 is 1.64 bits per heavy atom. The first-order chi connectivity index (χ1) is 13.4. The molecule has 1 amide bonds. The molecule has 154 valence electrons. The fourth-order valence-corrected chi connectivity index (χ4v) is 5.70. The van der Waals surface area contributed by atoms with Gasteiger partial charge < -0.3 is 9.80 Å². The summed E-state index contributed by atoms with van der Waals surface area (Å²) < 4.78 is 0. The maximum absolute atomic E-state index is 13.1. The number of piperazine rings is 1. The van der Waals surface area contributed by atoms with Gasteiger partial charge in [0.2, 0.25) is 5.91 Å². The number of rotatable bonds is 6. The maximum Gasteiger partial charge on any atom is 0.229 e. The zero-order valence-corrected chi connectivity index (χ0v) is 18.0. The van der Waals surface area contributed by atoms with Gasteiger partial charge in [0.15, 0.2) is 0 Å². The number of carbonyl (C=O) groups excluding carboxylic acids is 1. The number of nitrogens with zero attached hydrogens (tertiary/aromatic N) is 3. The van der Waals surface area contributed by atoms with E-state index in [0.717, 1.165) is 58.7 Å². The van der Waals surface area contributed by atoms with E-state index in [1.807, 2.05) is 0 Å². The molecule has 2 saturated heterocycles. The lowest BCUT2D eigenvalue weighted by molar-refractivity contribution is -0.155. The SMILES string of the molecule is CC1(C)C2CC[C@@]1(C)C(=O)N(CCCCN1CCN(c3ccccc3)CC1)C2. The van der Waals surface area contributed by atoms with Crippen LogP contribution in [0.3, 0.4) is 0 Å². The highest BCUT2D eigenvalue weighted by atomic mass is 16.2. The molecule has 2 aliphatic heterocycles. The van der Waals surface area contributed by atoms with Crippen LogP contribution in [0.1, 0.15) is 46.5 Å². The summed E-state index contributed by atoms with van der Waals surface area (Å²) in [5.74, 6) is 1.10. The standard InChI is InChI=1S/C24H37N3O/c1-23(2)20-11-12-24(23,3)22(28)27(19-20)14-8-7-13-25-15-17-26(18-16-25)21-9-5-4-6-10-21/h4-6,9-10,20H,7-8,11-19H2,1-3H3/t20?,24-/m0/s1. The number of para-hydroxylation sites is 1. The van der Waals surface area contributed by atoms with Crippen LogP contribution in [0.25, 0.3) is 0 Å². The molecule has 1 aliphatic carbocycles. The predicted molar refractivity (Wildman–Crippen MR) is 116 cm³/mol. The molecule has 28 heavy (non-hydrogen) atoms. The van der Waals surface area contributed by atoms with E-state index >= 15 is 0 Å². The quantitative estimate of drug-likeness (QED) is 0.698. The van der Waals surface area contributed by atoms with Crippen molar-refractivity contribution >= 4 is 11.6 Å². The molecule has 4 nitrogen and oxygen atoms in total. The van der Waals surface area contributed by atoms with Crippen molar-refractivity contribution in [2.24, 2.45) is 16.7 Å². The molecule has 1 saturated carbocycles. The normalized spacial score (nSPS) is 30.1. The molecule has 3 fully saturated rings. The van der Waals surface area contributed by atoms with E-state index in [-0.39, 0.29) is 10.8 Å². The monoisotopic (exact) mass is 383 g/mol. The molecular formula is C24H37N3O. The highest BCUT2D eigenvalue weighted by Crippen LogP contribution is 2.59. The predicted octanol–water partition coefficient (Wildman–Crippen LogP) is 3.87. The highest BCUT2D eigenvalue weighted by Gasteiger charge is 2.60. The van der Waals surface area contributed by atoms with Gasteiger partial charge in [-0.1, -0.05) is 39.0 Å². The third-order valence-corrected chi connectivity index (χ3v) is 8.28. The van der Waals surface area contributed by atoms with E-state index in [1.54, 1.807) is 0 Å². The number of carbonyl (C=O) groups is 1. The van der Waals surface area contributed by atoms with Crippen molar-refractivity contribution in [3.63, 3.8) is 0 Å². The minimum atomic E-state index is -0.135. The molecule has 3 aliphatic rings. The second-order valence-electron chi connectivity index (χ2n) is 9.91. The van der Waals surface area contributed by atoms with Crippen LogP contribution in [0.15, 0.2) is 30.3 Å². The molecule has 1 aromatic carbocycles. The first-order valence-corrected chi connectivity index (χ1v) is 11.2. The van der Waals surface area contributed by atoms with E-state index in [0.29, 0.717) is 11.8 Å². The Morgan fingerprint density at radius 3 is 2.36 bits per heavy atom. The van der Waals surface area contributed by atoms with Crippen LogP contribution in [-0.4, -0.2) is 61.5 Å². The van der Waals surface area contributed by atoms with E-state index in [1.165, 1.54) is 18.5 Å². The van der Waals surface area contributed by atoms with Gasteiger partial charge in [-0.15, -0.1) is 0 Å². The first kappa shape index (κ1) is 19.8. The van der Waals surface area contributed by atoms with Gasteiger partial charge in [-0.05, 0) is 55.7 Å². The molecule has 2 atom stereocenters. The van der Waals surface area contributed by atoms with Gasteiger partial charge in [0.25, 0.3) is 0 Å². The zero-order chi connectivity index (χ0) is 19.8. The third kappa shape index (κ3) is 3.45. The molecule has 4 rings (SSSR count). The van der Waals surface area contributed by atoms with Crippen LogP contribution in [0.2, 0.25) is 0 Å². The van der Waals surface area contributed by atoms with E-state index in [2.05, 4.69) is 65.8 Å². The lowest BCUT2D eigenvalue weighted by Gasteiger charge is -2.49. The van der Waals surface area contributed by atoms with Gasteiger partial charge in [-0.25, -0.2) is 0 Å². The van der Waals surface area contributed by atoms with Crippen LogP contribution in [0, 0.1) is 16.7 Å². The zero-order valence-electron chi connectivity index (χ0n) is 18.0. The average molecular weight is 384 g/mol. The molecule has 0 spiro atoms. The van der Waals surface area contributed by atoms with Crippen molar-refractivity contribution in [1.82, 2.24) is 9.80 Å². The number of likely N-dealkylation sites (tertiary alicyclic amines) is 1. The summed E-state index contributed by atoms with van der Waals surface area (Å²) in [7, 11) is 0. The lowest BCUT2D eigenvalue weighted by atomic mass is 9.62. The number of hydrogen-bond donors (Lipinski definition) is 0. The Balaban J connectivity index is 1.19. The minimum Gasteiger partial charge on any atom is -0.369 e. The molecular weight excluding hydrogens is 346 g/mol. The van der Waals surface area contributed by atoms with Crippen LogP contribution in [0.5, 0.6) is 0 Å². The summed E-state index contributed by atoms with van der Waals surface area (Å²) >= 11 is 0. The van der Waals surface area contributed by atoms with Crippen molar-refractivity contribution in [3.8, 4) is 0 Å². The third-order valence-electron chi connectivity index (χ3n) is 8.28. The van der Waals surface area contributed by atoms with Crippen molar-refractivity contribution in [2.45, 2.75) is 46.5 Å². The van der Waals surface area contributed by atoms with Crippen LogP contribution < -0.4 is 4.90 Å². The van der Waals surface area contributed by atoms with E-state index in [4.69, 9.17) is 0 Å². The summed E-state index contributed by atoms with van der Waals surface area (Å²) in [5.41, 5.74) is 1.37. The van der Waals surface area contributed by atoms with Crippen LogP contribution in [-0.2, 0) is 4.79 Å². The first-order valence-electron chi connectivity index (χ1n) is 11.2. The maximum atomic E-state index is 13.1. The number of amides is 1. The van der Waals surface area contributed by atoms with Crippen LogP contribution in [0.4, 0.5) is 5.69 Å². The second kappa shape index (κ2) is 7.70. The smallest absolute Gasteiger partial charge is 0.229 e. The fourth-order valence-electron chi connectivity index (χ4n) is 5.70. The van der Waals surface area contributed by atoms with Crippen molar-refractivity contribution < 1.29 is 4.79 Å². The van der Waals surface area contributed by atoms with Crippen molar-refractivity contribution in [3.05, 3.63) is 30.3 Å². The van der Waals surface area contributed by atoms with E-state index < -0.39 is 0 Å². The summed E-state index contributed by atoms with van der Waals surface area (Å²) in [6, 6.07) is 10.7. The number of unbranched alkanes of at least 4 members (excludes halogenated alkanes) is 1. The van der Waals surface area contributed by atoms with Gasteiger partial charge in [-0.2, -0.15) is 0 Å².